The number of likely N-dealkylation sites (tertiary alicyclic amines) is 1. The van der Waals surface area contributed by atoms with E-state index in [0.29, 0.717) is 29.9 Å². The lowest BCUT2D eigenvalue weighted by molar-refractivity contribution is -0.121. The summed E-state index contributed by atoms with van der Waals surface area (Å²) in [7, 11) is 0. The van der Waals surface area contributed by atoms with Crippen LogP contribution in [0.15, 0.2) is 23.7 Å². The van der Waals surface area contributed by atoms with Crippen LogP contribution in [-0.2, 0) is 11.3 Å². The summed E-state index contributed by atoms with van der Waals surface area (Å²) < 4.78 is 0. The Labute approximate surface area is 159 Å². The minimum atomic E-state index is -0.0372. The number of phenols is 1. The highest BCUT2D eigenvalue weighted by Crippen LogP contribution is 2.29. The highest BCUT2D eigenvalue weighted by Gasteiger charge is 2.27. The van der Waals surface area contributed by atoms with E-state index in [1.54, 1.807) is 6.20 Å². The van der Waals surface area contributed by atoms with Crippen LogP contribution in [0.1, 0.15) is 49.3 Å². The van der Waals surface area contributed by atoms with E-state index in [2.05, 4.69) is 35.1 Å². The van der Waals surface area contributed by atoms with Crippen LogP contribution in [0.2, 0.25) is 0 Å². The monoisotopic (exact) mass is 373 g/mol. The Kier molecular flexibility index (Phi) is 5.94. The van der Waals surface area contributed by atoms with Gasteiger partial charge in [0.2, 0.25) is 5.91 Å². The van der Waals surface area contributed by atoms with Gasteiger partial charge in [0.25, 0.3) is 0 Å². The molecular weight excluding hydrogens is 346 g/mol. The van der Waals surface area contributed by atoms with Crippen LogP contribution in [0.4, 0.5) is 5.13 Å². The van der Waals surface area contributed by atoms with Crippen LogP contribution in [-0.4, -0.2) is 34.0 Å². The number of hydrogen-bond donors (Lipinski definition) is 2. The van der Waals surface area contributed by atoms with Crippen LogP contribution in [0, 0.1) is 12.8 Å². The number of benzene rings is 1. The van der Waals surface area contributed by atoms with Crippen LogP contribution in [0.25, 0.3) is 0 Å². The van der Waals surface area contributed by atoms with Gasteiger partial charge in [-0.3, -0.25) is 9.69 Å². The predicted octanol–water partition coefficient (Wildman–Crippen LogP) is 4.13. The molecule has 1 fully saturated rings. The maximum atomic E-state index is 12.5. The number of aromatic hydroxyl groups is 1. The number of amides is 1. The second-order valence-corrected chi connectivity index (χ2v) is 8.29. The number of nitrogens with zero attached hydrogens (tertiary/aromatic N) is 2. The van der Waals surface area contributed by atoms with E-state index in [-0.39, 0.29) is 11.8 Å². The van der Waals surface area contributed by atoms with Gasteiger partial charge in [-0.2, -0.15) is 0 Å². The summed E-state index contributed by atoms with van der Waals surface area (Å²) in [6, 6.07) is 3.98. The van der Waals surface area contributed by atoms with Crippen molar-refractivity contribution >= 4 is 22.4 Å². The molecule has 2 N–H and O–H groups in total. The number of piperidine rings is 1. The second kappa shape index (κ2) is 8.18. The molecule has 1 saturated heterocycles. The zero-order valence-electron chi connectivity index (χ0n) is 15.7. The first kappa shape index (κ1) is 18.9. The molecule has 3 rings (SSSR count). The fourth-order valence-corrected chi connectivity index (χ4v) is 4.18. The Morgan fingerprint density at radius 1 is 1.46 bits per heavy atom. The number of phenolic OH excluding ortho intramolecular Hbond substituents is 1. The molecule has 0 bridgehead atoms. The molecule has 1 aliphatic rings. The number of aromatic nitrogens is 1. The minimum Gasteiger partial charge on any atom is -0.508 e. The zero-order valence-corrected chi connectivity index (χ0v) is 16.5. The summed E-state index contributed by atoms with van der Waals surface area (Å²) in [4.78, 5) is 18.9. The van der Waals surface area contributed by atoms with Gasteiger partial charge in [-0.1, -0.05) is 19.9 Å². The lowest BCUT2D eigenvalue weighted by atomic mass is 9.93. The SMILES string of the molecule is Cc1cc(O)c(CN2CCCC(C(=O)Nc3nccs3)C2)cc1C(C)C. The molecule has 2 heterocycles. The summed E-state index contributed by atoms with van der Waals surface area (Å²) in [5, 5.41) is 15.8. The molecule has 2 aromatic rings. The Hall–Kier alpha value is -1.92. The van der Waals surface area contributed by atoms with E-state index in [0.717, 1.165) is 30.5 Å². The Balaban J connectivity index is 1.67. The van der Waals surface area contributed by atoms with Gasteiger partial charge in [0.1, 0.15) is 5.75 Å². The molecule has 1 amide bonds. The van der Waals surface area contributed by atoms with E-state index >= 15 is 0 Å². The van der Waals surface area contributed by atoms with E-state index in [9.17, 15) is 9.90 Å². The van der Waals surface area contributed by atoms with Crippen molar-refractivity contribution in [1.29, 1.82) is 0 Å². The fourth-order valence-electron chi connectivity index (χ4n) is 3.65. The number of anilines is 1. The summed E-state index contributed by atoms with van der Waals surface area (Å²) in [5.74, 6) is 0.777. The van der Waals surface area contributed by atoms with Gasteiger partial charge in [-0.05, 0) is 49.4 Å². The van der Waals surface area contributed by atoms with E-state index in [1.807, 2.05) is 18.4 Å². The molecule has 1 atom stereocenters. The average Bonchev–Trinajstić information content (AvgIpc) is 3.10. The van der Waals surface area contributed by atoms with E-state index in [4.69, 9.17) is 0 Å². The van der Waals surface area contributed by atoms with Crippen molar-refractivity contribution in [3.8, 4) is 5.75 Å². The highest BCUT2D eigenvalue weighted by molar-refractivity contribution is 7.13. The van der Waals surface area contributed by atoms with Gasteiger partial charge in [-0.25, -0.2) is 4.98 Å². The molecule has 0 saturated carbocycles. The third-order valence-electron chi connectivity index (χ3n) is 5.02. The Morgan fingerprint density at radius 2 is 2.27 bits per heavy atom. The van der Waals surface area contributed by atoms with Crippen LogP contribution >= 0.6 is 11.3 Å². The quantitative estimate of drug-likeness (QED) is 0.827. The molecule has 1 aromatic heterocycles. The standard InChI is InChI=1S/C20H27N3O2S/c1-13(2)17-10-16(18(24)9-14(17)3)12-23-7-4-5-15(11-23)19(25)22-20-21-6-8-26-20/h6,8-10,13,15,24H,4-5,7,11-12H2,1-3H3,(H,21,22,25). The van der Waals surface area contributed by atoms with Crippen LogP contribution in [0.5, 0.6) is 5.75 Å². The predicted molar refractivity (Wildman–Crippen MR) is 106 cm³/mol. The molecule has 5 nitrogen and oxygen atoms in total. The third-order valence-corrected chi connectivity index (χ3v) is 5.71. The van der Waals surface area contributed by atoms with E-state index < -0.39 is 0 Å². The van der Waals surface area contributed by atoms with Gasteiger partial charge in [-0.15, -0.1) is 11.3 Å². The van der Waals surface area contributed by atoms with Gasteiger partial charge in [0.15, 0.2) is 5.13 Å². The molecule has 0 aliphatic carbocycles. The number of thiazole rings is 1. The second-order valence-electron chi connectivity index (χ2n) is 7.39. The Bertz CT molecular complexity index is 759. The summed E-state index contributed by atoms with van der Waals surface area (Å²) in [5.41, 5.74) is 3.34. The number of carbonyl (C=O) groups excluding carboxylic acids is 1. The Morgan fingerprint density at radius 3 is 2.96 bits per heavy atom. The van der Waals surface area contributed by atoms with Crippen molar-refractivity contribution < 1.29 is 9.90 Å². The van der Waals surface area contributed by atoms with Crippen molar-refractivity contribution in [3.63, 3.8) is 0 Å². The number of carbonyl (C=O) groups is 1. The van der Waals surface area contributed by atoms with Gasteiger partial charge >= 0.3 is 0 Å². The summed E-state index contributed by atoms with van der Waals surface area (Å²) in [6.45, 7) is 8.71. The molecule has 1 aliphatic heterocycles. The lowest BCUT2D eigenvalue weighted by Crippen LogP contribution is -2.40. The first-order valence-electron chi connectivity index (χ1n) is 9.19. The number of hydrogen-bond acceptors (Lipinski definition) is 5. The first-order chi connectivity index (χ1) is 12.4. The fraction of sp³-hybridized carbons (Fsp3) is 0.500. The zero-order chi connectivity index (χ0) is 18.7. The van der Waals surface area contributed by atoms with Crippen molar-refractivity contribution in [2.45, 2.75) is 46.1 Å². The smallest absolute Gasteiger partial charge is 0.230 e. The van der Waals surface area contributed by atoms with Crippen LogP contribution in [0.3, 0.4) is 0 Å². The maximum absolute atomic E-state index is 12.5. The van der Waals surface area contributed by atoms with Crippen LogP contribution < -0.4 is 5.32 Å². The molecule has 26 heavy (non-hydrogen) atoms. The van der Waals surface area contributed by atoms with Gasteiger partial charge < -0.3 is 10.4 Å². The number of rotatable bonds is 5. The molecule has 1 aromatic carbocycles. The largest absolute Gasteiger partial charge is 0.508 e. The maximum Gasteiger partial charge on any atom is 0.230 e. The summed E-state index contributed by atoms with van der Waals surface area (Å²) in [6.07, 6.45) is 3.57. The normalized spacial score (nSPS) is 18.2. The van der Waals surface area contributed by atoms with Crippen molar-refractivity contribution in [2.24, 2.45) is 5.92 Å². The molecule has 0 spiro atoms. The van der Waals surface area contributed by atoms with Crippen molar-refractivity contribution in [1.82, 2.24) is 9.88 Å². The molecule has 1 unspecified atom stereocenters. The van der Waals surface area contributed by atoms with Crippen molar-refractivity contribution in [3.05, 3.63) is 40.4 Å². The molecule has 140 valence electrons. The van der Waals surface area contributed by atoms with E-state index in [1.165, 1.54) is 16.9 Å². The topological polar surface area (TPSA) is 65.5 Å². The van der Waals surface area contributed by atoms with Gasteiger partial charge in [0, 0.05) is 30.2 Å². The lowest BCUT2D eigenvalue weighted by Gasteiger charge is -2.32. The highest BCUT2D eigenvalue weighted by atomic mass is 32.1. The number of aryl methyl sites for hydroxylation is 1. The van der Waals surface area contributed by atoms with Gasteiger partial charge in [0.05, 0.1) is 5.92 Å². The summed E-state index contributed by atoms with van der Waals surface area (Å²) >= 11 is 1.44. The number of nitrogens with one attached hydrogen (secondary N) is 1. The molecule has 0 radical (unpaired) electrons. The molecule has 6 heteroatoms. The molecular formula is C20H27N3O2S. The average molecular weight is 374 g/mol. The minimum absolute atomic E-state index is 0.0372. The third kappa shape index (κ3) is 4.43. The first-order valence-corrected chi connectivity index (χ1v) is 10.1. The van der Waals surface area contributed by atoms with Crippen molar-refractivity contribution in [2.75, 3.05) is 18.4 Å².